The Labute approximate surface area is 214 Å². The number of rotatable bonds is 10. The van der Waals surface area contributed by atoms with Gasteiger partial charge in [0.05, 0.1) is 55.4 Å². The Bertz CT molecular complexity index is 1090. The molecule has 192 valence electrons. The molecule has 0 aromatic heterocycles. The lowest BCUT2D eigenvalue weighted by Crippen LogP contribution is -2.64. The molecule has 0 unspecified atom stereocenters. The van der Waals surface area contributed by atoms with E-state index < -0.39 is 23.5 Å². The Morgan fingerprint density at radius 2 is 1.44 bits per heavy atom. The van der Waals surface area contributed by atoms with Crippen molar-refractivity contribution in [3.8, 4) is 23.5 Å². The molecule has 1 amide bonds. The van der Waals surface area contributed by atoms with Gasteiger partial charge in [0.15, 0.2) is 0 Å². The molecule has 0 spiro atoms. The van der Waals surface area contributed by atoms with Crippen LogP contribution in [-0.4, -0.2) is 94.2 Å². The molecule has 2 N–H and O–H groups in total. The molecule has 7 heteroatoms. The second-order valence-electron chi connectivity index (χ2n) is 11.9. The van der Waals surface area contributed by atoms with Crippen molar-refractivity contribution in [1.82, 2.24) is 5.32 Å². The topological polar surface area (TPSA) is 75.6 Å². The summed E-state index contributed by atoms with van der Waals surface area (Å²) in [7, 11) is 12.0. The summed E-state index contributed by atoms with van der Waals surface area (Å²) in [5.74, 6) is 1.45. The first-order valence-electron chi connectivity index (χ1n) is 12.1. The predicted octanol–water partition coefficient (Wildman–Crippen LogP) is 3.40. The van der Waals surface area contributed by atoms with Crippen LogP contribution in [0.4, 0.5) is 4.79 Å². The lowest BCUT2D eigenvalue weighted by Gasteiger charge is -2.44. The van der Waals surface area contributed by atoms with E-state index in [2.05, 4.69) is 23.4 Å². The molecule has 0 aliphatic heterocycles. The molecule has 0 heterocycles. The van der Waals surface area contributed by atoms with Crippen LogP contribution >= 0.6 is 0 Å². The zero-order valence-electron chi connectivity index (χ0n) is 22.2. The fourth-order valence-corrected chi connectivity index (χ4v) is 5.77. The van der Waals surface area contributed by atoms with E-state index >= 15 is 0 Å². The van der Waals surface area contributed by atoms with Crippen LogP contribution in [0.25, 0.3) is 11.1 Å². The van der Waals surface area contributed by atoms with Gasteiger partial charge in [0, 0.05) is 12.3 Å². The van der Waals surface area contributed by atoms with Crippen molar-refractivity contribution >= 4 is 12.1 Å². The van der Waals surface area contributed by atoms with Crippen LogP contribution in [0.15, 0.2) is 48.5 Å². The molecule has 1 aliphatic carbocycles. The third-order valence-electron chi connectivity index (χ3n) is 6.50. The number of quaternary nitrogens is 2. The van der Waals surface area contributed by atoms with Gasteiger partial charge in [-0.25, -0.2) is 9.59 Å². The van der Waals surface area contributed by atoms with Gasteiger partial charge < -0.3 is 24.1 Å². The number of terminal acetylenes is 1. The van der Waals surface area contributed by atoms with Crippen molar-refractivity contribution in [2.75, 3.05) is 62.0 Å². The van der Waals surface area contributed by atoms with Gasteiger partial charge in [0.25, 0.3) is 0 Å². The van der Waals surface area contributed by atoms with Gasteiger partial charge in [0.2, 0.25) is 0 Å². The number of nitrogens with one attached hydrogen (secondary N) is 1. The number of carboxylic acid groups (broad SMARTS) is 1. The van der Waals surface area contributed by atoms with E-state index in [1.165, 1.54) is 0 Å². The van der Waals surface area contributed by atoms with Crippen LogP contribution in [0.1, 0.15) is 23.5 Å². The molecule has 7 nitrogen and oxygen atoms in total. The summed E-state index contributed by atoms with van der Waals surface area (Å²) in [5, 5.41) is 12.9. The Morgan fingerprint density at radius 3 is 1.86 bits per heavy atom. The van der Waals surface area contributed by atoms with Crippen LogP contribution in [0.3, 0.4) is 0 Å². The summed E-state index contributed by atoms with van der Waals surface area (Å²) in [6.07, 6.45) is 5.20. The number of carbonyl (C=O) groups is 2. The largest absolute Gasteiger partial charge is 0.480 e. The van der Waals surface area contributed by atoms with E-state index in [-0.39, 0.29) is 18.9 Å². The van der Waals surface area contributed by atoms with E-state index in [1.807, 2.05) is 78.7 Å². The molecule has 1 atom stereocenters. The number of benzene rings is 2. The van der Waals surface area contributed by atoms with Gasteiger partial charge in [-0.3, -0.25) is 0 Å². The highest BCUT2D eigenvalue weighted by Gasteiger charge is 2.51. The maximum Gasteiger partial charge on any atom is 0.407 e. The maximum atomic E-state index is 13.1. The third kappa shape index (κ3) is 6.26. The highest BCUT2D eigenvalue weighted by molar-refractivity contribution is 5.82. The average molecular weight is 494 g/mol. The first-order chi connectivity index (χ1) is 16.8. The molecule has 0 radical (unpaired) electrons. The Hall–Kier alpha value is -3.34. The molecule has 0 bridgehead atoms. The smallest absolute Gasteiger partial charge is 0.407 e. The van der Waals surface area contributed by atoms with Crippen molar-refractivity contribution in [2.24, 2.45) is 5.41 Å². The van der Waals surface area contributed by atoms with Gasteiger partial charge in [-0.1, -0.05) is 48.5 Å². The first kappa shape index (κ1) is 27.3. The number of nitrogens with zero attached hydrogens (tertiary/aromatic N) is 2. The molecule has 36 heavy (non-hydrogen) atoms. The molecule has 0 saturated heterocycles. The number of aliphatic carboxylic acids is 1. The molecule has 0 saturated carbocycles. The van der Waals surface area contributed by atoms with Gasteiger partial charge >= 0.3 is 12.1 Å². The number of hydrogen-bond acceptors (Lipinski definition) is 3. The molecular weight excluding hydrogens is 454 g/mol. The van der Waals surface area contributed by atoms with Crippen molar-refractivity contribution in [2.45, 2.75) is 18.4 Å². The summed E-state index contributed by atoms with van der Waals surface area (Å²) in [6, 6.07) is 15.0. The number of hydrogen-bond donors (Lipinski definition) is 2. The Balaban J connectivity index is 1.85. The SMILES string of the molecule is C#CCC(C[N+](C)(C)C)(C[N+](C)(C)C)[C@@H](NC(=O)OCC1c2ccccc2-c2ccccc21)C(=O)O. The summed E-state index contributed by atoms with van der Waals surface area (Å²) in [5.41, 5.74) is 3.56. The predicted molar refractivity (Wildman–Crippen MR) is 141 cm³/mol. The maximum absolute atomic E-state index is 13.1. The third-order valence-corrected chi connectivity index (χ3v) is 6.50. The van der Waals surface area contributed by atoms with Crippen LogP contribution < -0.4 is 5.32 Å². The van der Waals surface area contributed by atoms with Crippen molar-refractivity contribution < 1.29 is 28.4 Å². The van der Waals surface area contributed by atoms with Crippen LogP contribution in [-0.2, 0) is 9.53 Å². The molecular formula is C29H39N3O4+2. The van der Waals surface area contributed by atoms with E-state index in [0.29, 0.717) is 22.1 Å². The summed E-state index contributed by atoms with van der Waals surface area (Å²) in [4.78, 5) is 25.6. The minimum absolute atomic E-state index is 0.110. The number of ether oxygens (including phenoxy) is 1. The number of amides is 1. The molecule has 3 rings (SSSR count). The first-order valence-corrected chi connectivity index (χ1v) is 12.1. The van der Waals surface area contributed by atoms with Crippen molar-refractivity contribution in [3.63, 3.8) is 0 Å². The lowest BCUT2D eigenvalue weighted by atomic mass is 9.75. The van der Waals surface area contributed by atoms with Crippen LogP contribution in [0.5, 0.6) is 0 Å². The minimum Gasteiger partial charge on any atom is -0.480 e. The standard InChI is InChI=1S/C29H37N3O4/c1-8-17-29(19-31(2,3)4,20-32(5,6)7)26(27(33)34)30-28(35)36-18-25-23-15-11-9-13-21(23)22-14-10-12-16-24(22)25/h1,9-16,25-26H,17-20H2,2-7H3/p+2/t26-/m0/s1. The molecule has 1 aliphatic rings. The number of alkyl carbamates (subject to hydrolysis) is 1. The van der Waals surface area contributed by atoms with Gasteiger partial charge in [0.1, 0.15) is 18.1 Å². The quantitative estimate of drug-likeness (QED) is 0.393. The van der Waals surface area contributed by atoms with Gasteiger partial charge in [-0.05, 0) is 22.3 Å². The van der Waals surface area contributed by atoms with E-state index in [0.717, 1.165) is 22.3 Å². The zero-order chi connectivity index (χ0) is 26.7. The average Bonchev–Trinajstić information content (AvgIpc) is 3.07. The Kier molecular flexibility index (Phi) is 7.82. The highest BCUT2D eigenvalue weighted by atomic mass is 16.5. The van der Waals surface area contributed by atoms with Gasteiger partial charge in [-0.15, -0.1) is 12.3 Å². The normalized spacial score (nSPS) is 14.4. The van der Waals surface area contributed by atoms with Crippen molar-refractivity contribution in [1.29, 1.82) is 0 Å². The second-order valence-corrected chi connectivity index (χ2v) is 11.9. The van der Waals surface area contributed by atoms with E-state index in [9.17, 15) is 14.7 Å². The minimum atomic E-state index is -1.21. The second kappa shape index (κ2) is 10.3. The monoisotopic (exact) mass is 493 g/mol. The summed E-state index contributed by atoms with van der Waals surface area (Å²) >= 11 is 0. The van der Waals surface area contributed by atoms with Gasteiger partial charge in [-0.2, -0.15) is 0 Å². The van der Waals surface area contributed by atoms with Crippen LogP contribution in [0, 0.1) is 17.8 Å². The molecule has 0 fully saturated rings. The fraction of sp³-hybridized carbons (Fsp3) is 0.448. The van der Waals surface area contributed by atoms with Crippen molar-refractivity contribution in [3.05, 3.63) is 59.7 Å². The summed E-state index contributed by atoms with van der Waals surface area (Å²) in [6.45, 7) is 1.04. The number of carboxylic acids is 1. The number of carbonyl (C=O) groups excluding carboxylic acids is 1. The molecule has 2 aromatic rings. The van der Waals surface area contributed by atoms with E-state index in [1.54, 1.807) is 0 Å². The van der Waals surface area contributed by atoms with Crippen LogP contribution in [0.2, 0.25) is 0 Å². The lowest BCUT2D eigenvalue weighted by molar-refractivity contribution is -0.902. The number of fused-ring (bicyclic) bond motifs is 3. The zero-order valence-corrected chi connectivity index (χ0v) is 22.2. The summed E-state index contributed by atoms with van der Waals surface area (Å²) < 4.78 is 6.67. The Morgan fingerprint density at radius 1 is 0.972 bits per heavy atom. The fourth-order valence-electron chi connectivity index (χ4n) is 5.77. The molecule has 2 aromatic carbocycles. The highest BCUT2D eigenvalue weighted by Crippen LogP contribution is 2.44. The van der Waals surface area contributed by atoms with E-state index in [4.69, 9.17) is 11.2 Å².